The Morgan fingerprint density at radius 3 is 2.42 bits per heavy atom. The first-order valence-electron chi connectivity index (χ1n) is 7.88. The number of hydrogen-bond donors (Lipinski definition) is 1. The molecule has 0 saturated heterocycles. The number of aliphatic hydroxyl groups excluding tert-OH is 1. The summed E-state index contributed by atoms with van der Waals surface area (Å²) in [6, 6.07) is 9.43. The zero-order chi connectivity index (χ0) is 19.5. The highest BCUT2D eigenvalue weighted by molar-refractivity contribution is 7.92. The summed E-state index contributed by atoms with van der Waals surface area (Å²) < 4.78 is 41.3. The summed E-state index contributed by atoms with van der Waals surface area (Å²) in [5.41, 5.74) is -0.247. The second-order valence-electron chi connectivity index (χ2n) is 5.76. The molecule has 0 saturated carbocycles. The number of halogens is 1. The van der Waals surface area contributed by atoms with Gasteiger partial charge in [-0.15, -0.1) is 0 Å². The summed E-state index contributed by atoms with van der Waals surface area (Å²) in [4.78, 5) is 9.54. The number of nitro benzene ring substituents is 1. The predicted molar refractivity (Wildman–Crippen MR) is 95.1 cm³/mol. The highest BCUT2D eigenvalue weighted by Gasteiger charge is 2.31. The van der Waals surface area contributed by atoms with Crippen molar-refractivity contribution in [2.24, 2.45) is 0 Å². The van der Waals surface area contributed by atoms with Gasteiger partial charge in [0.2, 0.25) is 0 Å². The summed E-state index contributed by atoms with van der Waals surface area (Å²) in [5, 5.41) is 21.1. The average molecular weight is 382 g/mol. The minimum atomic E-state index is -4.47. The second kappa shape index (κ2) is 7.79. The van der Waals surface area contributed by atoms with Gasteiger partial charge in [0.25, 0.3) is 15.7 Å². The number of aryl methyl sites for hydroxylation is 1. The molecule has 0 bridgehead atoms. The number of anilines is 1. The van der Waals surface area contributed by atoms with E-state index in [1.807, 2.05) is 0 Å². The first kappa shape index (κ1) is 19.8. The molecular formula is C17H19FN2O5S. The quantitative estimate of drug-likeness (QED) is 0.586. The van der Waals surface area contributed by atoms with Crippen LogP contribution >= 0.6 is 0 Å². The van der Waals surface area contributed by atoms with Gasteiger partial charge in [-0.05, 0) is 31.5 Å². The van der Waals surface area contributed by atoms with Crippen LogP contribution in [-0.2, 0) is 10.0 Å². The van der Waals surface area contributed by atoms with Crippen LogP contribution in [0.5, 0.6) is 0 Å². The number of nitro groups is 1. The second-order valence-corrected chi connectivity index (χ2v) is 7.59. The fourth-order valence-electron chi connectivity index (χ4n) is 2.41. The van der Waals surface area contributed by atoms with E-state index in [9.17, 15) is 28.0 Å². The Morgan fingerprint density at radius 2 is 1.88 bits per heavy atom. The van der Waals surface area contributed by atoms with Crippen LogP contribution in [0, 0.1) is 22.9 Å². The number of hydrogen-bond acceptors (Lipinski definition) is 5. The minimum absolute atomic E-state index is 0.0197. The van der Waals surface area contributed by atoms with E-state index in [-0.39, 0.29) is 24.2 Å². The van der Waals surface area contributed by atoms with E-state index in [1.165, 1.54) is 19.1 Å². The molecule has 1 atom stereocenters. The highest BCUT2D eigenvalue weighted by Crippen LogP contribution is 2.30. The number of rotatable bonds is 7. The Balaban J connectivity index is 2.64. The highest BCUT2D eigenvalue weighted by atomic mass is 32.2. The molecule has 0 amide bonds. The van der Waals surface area contributed by atoms with Gasteiger partial charge in [-0.3, -0.25) is 14.4 Å². The van der Waals surface area contributed by atoms with Gasteiger partial charge < -0.3 is 5.11 Å². The van der Waals surface area contributed by atoms with Gasteiger partial charge >= 0.3 is 0 Å². The molecule has 0 heterocycles. The zero-order valence-electron chi connectivity index (χ0n) is 14.3. The summed E-state index contributed by atoms with van der Waals surface area (Å²) in [5.74, 6) is -1.08. The van der Waals surface area contributed by atoms with Crippen LogP contribution in [0.4, 0.5) is 15.8 Å². The molecule has 7 nitrogen and oxygen atoms in total. The van der Waals surface area contributed by atoms with Gasteiger partial charge in [0.05, 0.1) is 23.3 Å². The van der Waals surface area contributed by atoms with E-state index >= 15 is 0 Å². The SMILES string of the molecule is CCC(O)CN(c1ccccc1)S(=O)(=O)c1cc([N+](=O)[O-])c(C)cc1F. The van der Waals surface area contributed by atoms with Gasteiger partial charge in [-0.25, -0.2) is 12.8 Å². The molecule has 0 fully saturated rings. The van der Waals surface area contributed by atoms with Crippen molar-refractivity contribution in [3.63, 3.8) is 0 Å². The molecule has 0 aliphatic rings. The lowest BCUT2D eigenvalue weighted by Crippen LogP contribution is -2.38. The molecule has 1 unspecified atom stereocenters. The van der Waals surface area contributed by atoms with Crippen molar-refractivity contribution in [1.82, 2.24) is 0 Å². The van der Waals surface area contributed by atoms with Gasteiger partial charge in [-0.1, -0.05) is 25.1 Å². The smallest absolute Gasteiger partial charge is 0.273 e. The third-order valence-electron chi connectivity index (χ3n) is 3.91. The van der Waals surface area contributed by atoms with Crippen LogP contribution in [0.3, 0.4) is 0 Å². The van der Waals surface area contributed by atoms with Crippen LogP contribution in [0.25, 0.3) is 0 Å². The number of sulfonamides is 1. The predicted octanol–water partition coefficient (Wildman–Crippen LogP) is 3.01. The summed E-state index contributed by atoms with van der Waals surface area (Å²) in [7, 11) is -4.47. The van der Waals surface area contributed by atoms with E-state index in [4.69, 9.17) is 0 Å². The third-order valence-corrected chi connectivity index (χ3v) is 5.72. The molecule has 0 aliphatic heterocycles. The van der Waals surface area contributed by atoms with Gasteiger partial charge in [0.1, 0.15) is 10.7 Å². The van der Waals surface area contributed by atoms with Crippen LogP contribution in [0.15, 0.2) is 47.4 Å². The Labute approximate surface area is 150 Å². The van der Waals surface area contributed by atoms with Crippen molar-refractivity contribution >= 4 is 21.4 Å². The average Bonchev–Trinajstić information content (AvgIpc) is 2.59. The van der Waals surface area contributed by atoms with Gasteiger partial charge in [0, 0.05) is 11.6 Å². The molecule has 140 valence electrons. The van der Waals surface area contributed by atoms with Crippen LogP contribution in [0.1, 0.15) is 18.9 Å². The van der Waals surface area contributed by atoms with Crippen molar-refractivity contribution in [3.8, 4) is 0 Å². The molecular weight excluding hydrogens is 363 g/mol. The van der Waals surface area contributed by atoms with Crippen LogP contribution < -0.4 is 4.31 Å². The van der Waals surface area contributed by atoms with E-state index in [2.05, 4.69) is 0 Å². The number of nitrogens with zero attached hydrogens (tertiary/aromatic N) is 2. The first-order valence-corrected chi connectivity index (χ1v) is 9.32. The Bertz CT molecular complexity index is 903. The van der Waals surface area contributed by atoms with E-state index in [0.717, 1.165) is 10.4 Å². The Kier molecular flexibility index (Phi) is 5.94. The standard InChI is InChI=1S/C17H19FN2O5S/c1-3-14(21)11-19(13-7-5-4-6-8-13)26(24,25)17-10-16(20(22)23)12(2)9-15(17)18/h4-10,14,21H,3,11H2,1-2H3. The first-order chi connectivity index (χ1) is 12.2. The fourth-order valence-corrected chi connectivity index (χ4v) is 3.98. The maximum atomic E-state index is 14.4. The molecule has 0 aliphatic carbocycles. The Morgan fingerprint density at radius 1 is 1.27 bits per heavy atom. The van der Waals surface area contributed by atoms with Crippen LogP contribution in [0.2, 0.25) is 0 Å². The number of benzene rings is 2. The van der Waals surface area contributed by atoms with E-state index < -0.39 is 37.5 Å². The van der Waals surface area contributed by atoms with Crippen molar-refractivity contribution in [1.29, 1.82) is 0 Å². The van der Waals surface area contributed by atoms with E-state index in [0.29, 0.717) is 6.07 Å². The lowest BCUT2D eigenvalue weighted by molar-refractivity contribution is -0.385. The molecule has 2 aromatic rings. The summed E-state index contributed by atoms with van der Waals surface area (Å²) in [6.45, 7) is 2.70. The summed E-state index contributed by atoms with van der Waals surface area (Å²) in [6.07, 6.45) is -0.691. The van der Waals surface area contributed by atoms with Crippen molar-refractivity contribution in [3.05, 3.63) is 64.0 Å². The zero-order valence-corrected chi connectivity index (χ0v) is 15.1. The Hall–Kier alpha value is -2.52. The molecule has 0 aromatic heterocycles. The normalized spacial score (nSPS) is 12.6. The summed E-state index contributed by atoms with van der Waals surface area (Å²) >= 11 is 0. The largest absolute Gasteiger partial charge is 0.391 e. The number of aliphatic hydroxyl groups is 1. The molecule has 9 heteroatoms. The maximum Gasteiger partial charge on any atom is 0.273 e. The third kappa shape index (κ3) is 4.00. The molecule has 2 aromatic carbocycles. The van der Waals surface area contributed by atoms with E-state index in [1.54, 1.807) is 25.1 Å². The number of para-hydroxylation sites is 1. The van der Waals surface area contributed by atoms with Crippen molar-refractivity contribution in [2.75, 3.05) is 10.8 Å². The topological polar surface area (TPSA) is 101 Å². The van der Waals surface area contributed by atoms with Crippen LogP contribution in [-0.4, -0.2) is 31.1 Å². The molecule has 2 rings (SSSR count). The van der Waals surface area contributed by atoms with Crippen molar-refractivity contribution in [2.45, 2.75) is 31.3 Å². The van der Waals surface area contributed by atoms with Gasteiger partial charge in [0.15, 0.2) is 0 Å². The van der Waals surface area contributed by atoms with Crippen molar-refractivity contribution < 1.29 is 22.8 Å². The van der Waals surface area contributed by atoms with Gasteiger partial charge in [-0.2, -0.15) is 0 Å². The molecule has 0 radical (unpaired) electrons. The lowest BCUT2D eigenvalue weighted by Gasteiger charge is -2.26. The maximum absolute atomic E-state index is 14.4. The molecule has 1 N–H and O–H groups in total. The minimum Gasteiger partial charge on any atom is -0.391 e. The monoisotopic (exact) mass is 382 g/mol. The molecule has 26 heavy (non-hydrogen) atoms. The molecule has 0 spiro atoms. The fraction of sp³-hybridized carbons (Fsp3) is 0.294. The lowest BCUT2D eigenvalue weighted by atomic mass is 10.2.